The molecule has 0 bridgehead atoms. The molecule has 0 radical (unpaired) electrons. The molecule has 1 saturated heterocycles. The van der Waals surface area contributed by atoms with Crippen LogP contribution < -0.4 is 5.32 Å². The van der Waals surface area contributed by atoms with Crippen LogP contribution in [0.4, 0.5) is 5.82 Å². The van der Waals surface area contributed by atoms with Crippen molar-refractivity contribution >= 4 is 22.5 Å². The molecule has 1 saturated carbocycles. The SMILES string of the molecule is CCOCC1CCC(N2CC(CC(=O)CNc3ncnc4ccc(C)cc34)C2)CC1. The van der Waals surface area contributed by atoms with Crippen molar-refractivity contribution in [1.82, 2.24) is 14.9 Å². The minimum absolute atomic E-state index is 0.263. The van der Waals surface area contributed by atoms with Crippen LogP contribution >= 0.6 is 0 Å². The van der Waals surface area contributed by atoms with Crippen LogP contribution in [0.2, 0.25) is 0 Å². The first kappa shape index (κ1) is 21.2. The number of rotatable bonds is 9. The minimum atomic E-state index is 0.263. The molecule has 6 nitrogen and oxygen atoms in total. The second-order valence-corrected chi connectivity index (χ2v) is 8.99. The van der Waals surface area contributed by atoms with E-state index in [2.05, 4.69) is 40.1 Å². The number of hydrogen-bond donors (Lipinski definition) is 1. The molecule has 162 valence electrons. The Labute approximate surface area is 179 Å². The number of likely N-dealkylation sites (tertiary alicyclic amines) is 1. The summed E-state index contributed by atoms with van der Waals surface area (Å²) in [4.78, 5) is 23.7. The lowest BCUT2D eigenvalue weighted by Gasteiger charge is -2.46. The first-order chi connectivity index (χ1) is 14.6. The molecule has 2 aliphatic rings. The van der Waals surface area contributed by atoms with E-state index in [4.69, 9.17) is 4.74 Å². The summed E-state index contributed by atoms with van der Waals surface area (Å²) in [5.74, 6) is 2.26. The van der Waals surface area contributed by atoms with Gasteiger partial charge in [-0.25, -0.2) is 9.97 Å². The molecule has 0 spiro atoms. The Kier molecular flexibility index (Phi) is 6.95. The summed E-state index contributed by atoms with van der Waals surface area (Å²) < 4.78 is 5.59. The third kappa shape index (κ3) is 5.16. The summed E-state index contributed by atoms with van der Waals surface area (Å²) in [5.41, 5.74) is 2.06. The molecule has 1 N–H and O–H groups in total. The maximum absolute atomic E-state index is 12.5. The smallest absolute Gasteiger partial charge is 0.152 e. The van der Waals surface area contributed by atoms with Crippen LogP contribution in [0.3, 0.4) is 0 Å². The number of Topliss-reactive ketones (excluding diaryl/α,β-unsaturated/α-hetero) is 1. The number of carbonyl (C=O) groups excluding carboxylic acids is 1. The number of ether oxygens (including phenoxy) is 1. The van der Waals surface area contributed by atoms with E-state index in [0.717, 1.165) is 54.5 Å². The monoisotopic (exact) mass is 410 g/mol. The largest absolute Gasteiger partial charge is 0.381 e. The highest BCUT2D eigenvalue weighted by Gasteiger charge is 2.35. The quantitative estimate of drug-likeness (QED) is 0.678. The van der Waals surface area contributed by atoms with Gasteiger partial charge in [-0.05, 0) is 63.5 Å². The molecule has 4 rings (SSSR count). The fourth-order valence-corrected chi connectivity index (χ4v) is 4.89. The number of benzene rings is 1. The molecule has 0 amide bonds. The lowest BCUT2D eigenvalue weighted by atomic mass is 9.82. The number of nitrogens with zero attached hydrogens (tertiary/aromatic N) is 3. The Balaban J connectivity index is 1.18. The van der Waals surface area contributed by atoms with Gasteiger partial charge < -0.3 is 10.1 Å². The van der Waals surface area contributed by atoms with E-state index in [1.54, 1.807) is 6.33 Å². The van der Waals surface area contributed by atoms with Gasteiger partial charge in [0.15, 0.2) is 5.78 Å². The molecular weight excluding hydrogens is 376 g/mol. The summed E-state index contributed by atoms with van der Waals surface area (Å²) in [6.07, 6.45) is 7.32. The zero-order valence-corrected chi connectivity index (χ0v) is 18.3. The highest BCUT2D eigenvalue weighted by Crippen LogP contribution is 2.32. The molecule has 1 aromatic heterocycles. The van der Waals surface area contributed by atoms with Crippen molar-refractivity contribution in [3.63, 3.8) is 0 Å². The number of anilines is 1. The fraction of sp³-hybridized carbons (Fsp3) is 0.625. The van der Waals surface area contributed by atoms with Crippen molar-refractivity contribution < 1.29 is 9.53 Å². The highest BCUT2D eigenvalue weighted by molar-refractivity contribution is 5.91. The van der Waals surface area contributed by atoms with Gasteiger partial charge in [-0.3, -0.25) is 9.69 Å². The average molecular weight is 411 g/mol. The zero-order valence-electron chi connectivity index (χ0n) is 18.3. The maximum Gasteiger partial charge on any atom is 0.152 e. The first-order valence-electron chi connectivity index (χ1n) is 11.4. The van der Waals surface area contributed by atoms with Crippen LogP contribution in [0.1, 0.15) is 44.6 Å². The van der Waals surface area contributed by atoms with Gasteiger partial charge in [0.1, 0.15) is 12.1 Å². The topological polar surface area (TPSA) is 67.3 Å². The van der Waals surface area contributed by atoms with Gasteiger partial charge in [-0.2, -0.15) is 0 Å². The van der Waals surface area contributed by atoms with Gasteiger partial charge in [0.05, 0.1) is 12.1 Å². The first-order valence-corrected chi connectivity index (χ1v) is 11.4. The summed E-state index contributed by atoms with van der Waals surface area (Å²) in [5, 5.41) is 4.21. The highest BCUT2D eigenvalue weighted by atomic mass is 16.5. The molecule has 6 heteroatoms. The van der Waals surface area contributed by atoms with Crippen molar-refractivity contribution in [3.8, 4) is 0 Å². The van der Waals surface area contributed by atoms with E-state index in [1.807, 2.05) is 12.1 Å². The van der Waals surface area contributed by atoms with E-state index in [9.17, 15) is 4.79 Å². The lowest BCUT2D eigenvalue weighted by Crippen LogP contribution is -2.53. The van der Waals surface area contributed by atoms with Crippen molar-refractivity contribution in [1.29, 1.82) is 0 Å². The van der Waals surface area contributed by atoms with Gasteiger partial charge >= 0.3 is 0 Å². The molecule has 1 aliphatic heterocycles. The fourth-order valence-electron chi connectivity index (χ4n) is 4.89. The number of aryl methyl sites for hydroxylation is 1. The minimum Gasteiger partial charge on any atom is -0.381 e. The Hall–Kier alpha value is -2.05. The van der Waals surface area contributed by atoms with Gasteiger partial charge in [-0.1, -0.05) is 11.6 Å². The van der Waals surface area contributed by atoms with Crippen LogP contribution in [0, 0.1) is 18.8 Å². The Morgan fingerprint density at radius 1 is 1.17 bits per heavy atom. The Bertz CT molecular complexity index is 857. The molecule has 1 aliphatic carbocycles. The molecule has 1 aromatic carbocycles. The van der Waals surface area contributed by atoms with E-state index in [1.165, 1.54) is 25.7 Å². The average Bonchev–Trinajstić information content (AvgIpc) is 2.73. The predicted octanol–water partition coefficient (Wildman–Crippen LogP) is 3.84. The number of carbonyl (C=O) groups is 1. The number of nitrogens with one attached hydrogen (secondary N) is 1. The Morgan fingerprint density at radius 3 is 2.73 bits per heavy atom. The van der Waals surface area contributed by atoms with Gasteiger partial charge in [0.2, 0.25) is 0 Å². The van der Waals surface area contributed by atoms with Crippen molar-refractivity contribution in [2.75, 3.05) is 38.2 Å². The summed E-state index contributed by atoms with van der Waals surface area (Å²) in [6, 6.07) is 6.81. The van der Waals surface area contributed by atoms with Crippen molar-refractivity contribution in [3.05, 3.63) is 30.1 Å². The molecule has 30 heavy (non-hydrogen) atoms. The van der Waals surface area contributed by atoms with E-state index >= 15 is 0 Å². The van der Waals surface area contributed by atoms with Crippen molar-refractivity contribution in [2.45, 2.75) is 52.0 Å². The Morgan fingerprint density at radius 2 is 1.97 bits per heavy atom. The van der Waals surface area contributed by atoms with E-state index < -0.39 is 0 Å². The number of ketones is 1. The second kappa shape index (κ2) is 9.84. The third-order valence-electron chi connectivity index (χ3n) is 6.64. The van der Waals surface area contributed by atoms with Crippen LogP contribution in [-0.2, 0) is 9.53 Å². The molecule has 2 fully saturated rings. The van der Waals surface area contributed by atoms with E-state index in [0.29, 0.717) is 24.9 Å². The second-order valence-electron chi connectivity index (χ2n) is 8.99. The predicted molar refractivity (Wildman–Crippen MR) is 120 cm³/mol. The van der Waals surface area contributed by atoms with Crippen LogP contribution in [0.15, 0.2) is 24.5 Å². The van der Waals surface area contributed by atoms with Gasteiger partial charge in [0, 0.05) is 44.2 Å². The van der Waals surface area contributed by atoms with Crippen LogP contribution in [0.5, 0.6) is 0 Å². The summed E-state index contributed by atoms with van der Waals surface area (Å²) in [6.45, 7) is 8.34. The van der Waals surface area contributed by atoms with E-state index in [-0.39, 0.29) is 5.78 Å². The van der Waals surface area contributed by atoms with Crippen LogP contribution in [-0.4, -0.2) is 59.5 Å². The number of hydrogen-bond acceptors (Lipinski definition) is 6. The van der Waals surface area contributed by atoms with Crippen LogP contribution in [0.25, 0.3) is 10.9 Å². The molecular formula is C24H34N4O2. The molecule has 2 aromatic rings. The van der Waals surface area contributed by atoms with Crippen molar-refractivity contribution in [2.24, 2.45) is 11.8 Å². The third-order valence-corrected chi connectivity index (χ3v) is 6.64. The molecule has 0 atom stereocenters. The molecule has 2 heterocycles. The summed E-state index contributed by atoms with van der Waals surface area (Å²) in [7, 11) is 0. The molecule has 0 unspecified atom stereocenters. The number of aromatic nitrogens is 2. The standard InChI is InChI=1S/C24H34N4O2/c1-3-30-15-18-5-7-20(8-6-18)28-13-19(14-28)11-21(29)12-25-24-22-10-17(2)4-9-23(22)26-16-27-24/h4,9-10,16,18-20H,3,5-8,11-15H2,1-2H3,(H,25,26,27). The van der Waals surface area contributed by atoms with Gasteiger partial charge in [0.25, 0.3) is 0 Å². The number of fused-ring (bicyclic) bond motifs is 1. The van der Waals surface area contributed by atoms with Gasteiger partial charge in [-0.15, -0.1) is 0 Å². The normalized spacial score (nSPS) is 22.7. The maximum atomic E-state index is 12.5. The zero-order chi connectivity index (χ0) is 20.9. The lowest BCUT2D eigenvalue weighted by molar-refractivity contribution is -0.120. The summed E-state index contributed by atoms with van der Waals surface area (Å²) >= 11 is 0.